The lowest BCUT2D eigenvalue weighted by atomic mass is 9.91. The normalized spacial score (nSPS) is 28.6. The van der Waals surface area contributed by atoms with Crippen LogP contribution in [0.2, 0.25) is 0 Å². The van der Waals surface area contributed by atoms with Gasteiger partial charge in [0.1, 0.15) is 11.1 Å². The highest BCUT2D eigenvalue weighted by atomic mass is 32.2. The molecule has 1 aliphatic carbocycles. The molecular formula is C9H10N2S. The predicted molar refractivity (Wildman–Crippen MR) is 50.2 cm³/mol. The molecule has 0 aromatic heterocycles. The summed E-state index contributed by atoms with van der Waals surface area (Å²) in [5.74, 6) is 0. The number of nitriles is 1. The minimum Gasteiger partial charge on any atom is -0.293 e. The minimum atomic E-state index is 0.473. The molecule has 1 atom stereocenters. The van der Waals surface area contributed by atoms with Gasteiger partial charge in [0.2, 0.25) is 0 Å². The summed E-state index contributed by atoms with van der Waals surface area (Å²) in [7, 11) is 0. The van der Waals surface area contributed by atoms with Crippen LogP contribution in [-0.2, 0) is 0 Å². The molecule has 0 aromatic carbocycles. The Bertz CT molecular complexity index is 298. The number of hydrogen-bond donors (Lipinski definition) is 1. The van der Waals surface area contributed by atoms with Crippen LogP contribution in [-0.4, -0.2) is 10.3 Å². The first-order valence-corrected chi connectivity index (χ1v) is 5.09. The summed E-state index contributed by atoms with van der Waals surface area (Å²) in [6, 6.07) is 2.15. The van der Waals surface area contributed by atoms with Gasteiger partial charge in [0.05, 0.1) is 5.57 Å². The summed E-state index contributed by atoms with van der Waals surface area (Å²) in [6.07, 6.45) is 4.66. The van der Waals surface area contributed by atoms with Crippen molar-refractivity contribution in [2.75, 3.05) is 0 Å². The lowest BCUT2D eigenvalue weighted by Gasteiger charge is -2.18. The van der Waals surface area contributed by atoms with Gasteiger partial charge in [0.25, 0.3) is 0 Å². The standard InChI is InChI=1S/C9H10N2S/c10-5-7-6-3-1-2-4-8(6)12-9(7)11/h8,11H,1-4H2. The molecule has 0 bridgehead atoms. The number of nitrogens with one attached hydrogen (secondary N) is 1. The smallest absolute Gasteiger partial charge is 0.105 e. The summed E-state index contributed by atoms with van der Waals surface area (Å²) in [6.45, 7) is 0. The zero-order chi connectivity index (χ0) is 8.55. The van der Waals surface area contributed by atoms with Gasteiger partial charge in [0, 0.05) is 5.25 Å². The maximum absolute atomic E-state index is 8.81. The van der Waals surface area contributed by atoms with Gasteiger partial charge in [0.15, 0.2) is 0 Å². The van der Waals surface area contributed by atoms with Crippen molar-refractivity contribution in [1.82, 2.24) is 0 Å². The Labute approximate surface area is 76.2 Å². The molecule has 2 nitrogen and oxygen atoms in total. The molecule has 2 aliphatic rings. The molecule has 3 heteroatoms. The molecule has 0 saturated heterocycles. The number of thioether (sulfide) groups is 1. The molecule has 1 fully saturated rings. The topological polar surface area (TPSA) is 47.6 Å². The maximum Gasteiger partial charge on any atom is 0.105 e. The van der Waals surface area contributed by atoms with Crippen LogP contribution in [0.15, 0.2) is 11.1 Å². The van der Waals surface area contributed by atoms with Crippen LogP contribution in [0.1, 0.15) is 25.7 Å². The number of fused-ring (bicyclic) bond motifs is 1. The third-order valence-corrected chi connectivity index (χ3v) is 3.72. The second-order valence-electron chi connectivity index (χ2n) is 3.19. The van der Waals surface area contributed by atoms with Crippen LogP contribution in [0, 0.1) is 16.7 Å². The molecule has 0 radical (unpaired) electrons. The van der Waals surface area contributed by atoms with Crippen LogP contribution >= 0.6 is 11.8 Å². The molecular weight excluding hydrogens is 168 g/mol. The molecule has 1 unspecified atom stereocenters. The van der Waals surface area contributed by atoms with E-state index in [1.54, 1.807) is 11.8 Å². The summed E-state index contributed by atoms with van der Waals surface area (Å²) in [5, 5.41) is 17.4. The quantitative estimate of drug-likeness (QED) is 0.619. The number of rotatable bonds is 0. The van der Waals surface area contributed by atoms with Crippen LogP contribution in [0.5, 0.6) is 0 Å². The Morgan fingerprint density at radius 3 is 3.08 bits per heavy atom. The van der Waals surface area contributed by atoms with Crippen LogP contribution < -0.4 is 0 Å². The maximum atomic E-state index is 8.81. The summed E-state index contributed by atoms with van der Waals surface area (Å²) >= 11 is 1.57. The van der Waals surface area contributed by atoms with Crippen LogP contribution in [0.25, 0.3) is 0 Å². The molecule has 1 N–H and O–H groups in total. The molecule has 0 amide bonds. The summed E-state index contributed by atoms with van der Waals surface area (Å²) < 4.78 is 0. The van der Waals surface area contributed by atoms with Crippen molar-refractivity contribution in [3.8, 4) is 6.07 Å². The first-order chi connectivity index (χ1) is 5.83. The zero-order valence-electron chi connectivity index (χ0n) is 6.76. The van der Waals surface area contributed by atoms with Gasteiger partial charge < -0.3 is 0 Å². The Balaban J connectivity index is 2.36. The van der Waals surface area contributed by atoms with Crippen molar-refractivity contribution in [3.05, 3.63) is 11.1 Å². The monoisotopic (exact) mass is 178 g/mol. The van der Waals surface area contributed by atoms with E-state index in [9.17, 15) is 0 Å². The zero-order valence-corrected chi connectivity index (χ0v) is 7.58. The van der Waals surface area contributed by atoms with Crippen molar-refractivity contribution < 1.29 is 0 Å². The molecule has 12 heavy (non-hydrogen) atoms. The molecule has 62 valence electrons. The van der Waals surface area contributed by atoms with Crippen molar-refractivity contribution in [2.45, 2.75) is 30.9 Å². The van der Waals surface area contributed by atoms with Crippen LogP contribution in [0.3, 0.4) is 0 Å². The third-order valence-electron chi connectivity index (χ3n) is 2.47. The second kappa shape index (κ2) is 2.95. The molecule has 0 spiro atoms. The Morgan fingerprint density at radius 2 is 2.33 bits per heavy atom. The molecule has 1 heterocycles. The van der Waals surface area contributed by atoms with Gasteiger partial charge in [-0.25, -0.2) is 0 Å². The average Bonchev–Trinajstić information content (AvgIpc) is 2.40. The SMILES string of the molecule is N#CC1=C2CCCCC2SC1=N. The van der Waals surface area contributed by atoms with Crippen molar-refractivity contribution in [1.29, 1.82) is 10.7 Å². The molecule has 1 saturated carbocycles. The van der Waals surface area contributed by atoms with E-state index in [-0.39, 0.29) is 0 Å². The summed E-state index contributed by atoms with van der Waals surface area (Å²) in [5.41, 5.74) is 1.92. The molecule has 0 aromatic rings. The van der Waals surface area contributed by atoms with Gasteiger partial charge >= 0.3 is 0 Å². The summed E-state index contributed by atoms with van der Waals surface area (Å²) in [4.78, 5) is 0. The van der Waals surface area contributed by atoms with E-state index >= 15 is 0 Å². The van der Waals surface area contributed by atoms with Gasteiger partial charge in [-0.1, -0.05) is 18.2 Å². The fraction of sp³-hybridized carbons (Fsp3) is 0.556. The predicted octanol–water partition coefficient (Wildman–Crippen LogP) is 2.47. The van der Waals surface area contributed by atoms with E-state index in [0.29, 0.717) is 15.9 Å². The lowest BCUT2D eigenvalue weighted by Crippen LogP contribution is -2.08. The second-order valence-corrected chi connectivity index (χ2v) is 4.41. The van der Waals surface area contributed by atoms with Crippen molar-refractivity contribution in [3.63, 3.8) is 0 Å². The van der Waals surface area contributed by atoms with E-state index < -0.39 is 0 Å². The van der Waals surface area contributed by atoms with E-state index in [0.717, 1.165) is 12.8 Å². The van der Waals surface area contributed by atoms with E-state index in [4.69, 9.17) is 10.7 Å². The Kier molecular flexibility index (Phi) is 1.93. The minimum absolute atomic E-state index is 0.473. The van der Waals surface area contributed by atoms with Gasteiger partial charge in [-0.2, -0.15) is 5.26 Å². The van der Waals surface area contributed by atoms with Crippen molar-refractivity contribution >= 4 is 16.8 Å². The average molecular weight is 178 g/mol. The fourth-order valence-corrected chi connectivity index (χ4v) is 3.11. The molecule has 2 rings (SSSR count). The highest BCUT2D eigenvalue weighted by Crippen LogP contribution is 2.42. The van der Waals surface area contributed by atoms with Gasteiger partial charge in [-0.05, 0) is 24.8 Å². The third kappa shape index (κ3) is 1.07. The Morgan fingerprint density at radius 1 is 1.50 bits per heavy atom. The van der Waals surface area contributed by atoms with E-state index in [1.807, 2.05) is 0 Å². The van der Waals surface area contributed by atoms with Gasteiger partial charge in [-0.3, -0.25) is 5.41 Å². The number of nitrogens with zero attached hydrogens (tertiary/aromatic N) is 1. The van der Waals surface area contributed by atoms with E-state index in [2.05, 4.69) is 6.07 Å². The molecule has 1 aliphatic heterocycles. The number of hydrogen-bond acceptors (Lipinski definition) is 3. The highest BCUT2D eigenvalue weighted by Gasteiger charge is 2.31. The van der Waals surface area contributed by atoms with Crippen molar-refractivity contribution in [2.24, 2.45) is 0 Å². The first kappa shape index (κ1) is 7.88. The van der Waals surface area contributed by atoms with Gasteiger partial charge in [-0.15, -0.1) is 0 Å². The van der Waals surface area contributed by atoms with Crippen LogP contribution in [0.4, 0.5) is 0 Å². The Hall–Kier alpha value is -0.750. The lowest BCUT2D eigenvalue weighted by molar-refractivity contribution is 0.611. The first-order valence-electron chi connectivity index (χ1n) is 4.21. The largest absolute Gasteiger partial charge is 0.293 e. The van der Waals surface area contributed by atoms with E-state index in [1.165, 1.54) is 18.4 Å². The highest BCUT2D eigenvalue weighted by molar-refractivity contribution is 8.15. The fourth-order valence-electron chi connectivity index (χ4n) is 1.87.